The standard InChI is InChI=1S/C27H22BrIN2O4/c1-15-4-6-18(7-5-15)14-35-24-22(28)12-19(13-23(24)29)11-21-25(32)30-27(34)31(26(21)33)20-9-16(2)8-17(3)10-20/h4-13H,14H2,1-3H3,(H,30,32,34)/b21-11+. The Morgan fingerprint density at radius 2 is 1.60 bits per heavy atom. The summed E-state index contributed by atoms with van der Waals surface area (Å²) in [4.78, 5) is 39.3. The molecule has 1 aliphatic rings. The third kappa shape index (κ3) is 5.65. The Morgan fingerprint density at radius 1 is 0.943 bits per heavy atom. The molecule has 178 valence electrons. The van der Waals surface area contributed by atoms with E-state index < -0.39 is 17.8 Å². The average molecular weight is 645 g/mol. The maximum Gasteiger partial charge on any atom is 0.335 e. The van der Waals surface area contributed by atoms with E-state index in [0.29, 0.717) is 28.1 Å². The lowest BCUT2D eigenvalue weighted by Crippen LogP contribution is -2.54. The molecule has 0 saturated carbocycles. The van der Waals surface area contributed by atoms with Crippen LogP contribution in [0.1, 0.15) is 27.8 Å². The van der Waals surface area contributed by atoms with Crippen LogP contribution in [0.4, 0.5) is 10.5 Å². The van der Waals surface area contributed by atoms with Crippen LogP contribution in [0.5, 0.6) is 5.75 Å². The topological polar surface area (TPSA) is 75.7 Å². The molecule has 6 nitrogen and oxygen atoms in total. The second-order valence-corrected chi connectivity index (χ2v) is 10.4. The van der Waals surface area contributed by atoms with Crippen LogP contribution in [0.25, 0.3) is 6.08 Å². The number of benzene rings is 3. The average Bonchev–Trinajstić information content (AvgIpc) is 2.76. The fourth-order valence-corrected chi connectivity index (χ4v) is 5.55. The van der Waals surface area contributed by atoms with Gasteiger partial charge in [0.2, 0.25) is 0 Å². The van der Waals surface area contributed by atoms with Crippen LogP contribution < -0.4 is 15.0 Å². The number of barbiturate groups is 1. The number of anilines is 1. The molecule has 0 radical (unpaired) electrons. The molecule has 0 atom stereocenters. The van der Waals surface area contributed by atoms with Gasteiger partial charge < -0.3 is 4.74 Å². The first-order valence-electron chi connectivity index (χ1n) is 10.8. The van der Waals surface area contributed by atoms with E-state index in [1.54, 1.807) is 18.2 Å². The van der Waals surface area contributed by atoms with E-state index in [1.807, 2.05) is 57.2 Å². The van der Waals surface area contributed by atoms with Crippen molar-refractivity contribution in [3.05, 3.63) is 96.0 Å². The normalized spacial score (nSPS) is 14.9. The number of hydrogen-bond acceptors (Lipinski definition) is 4. The lowest BCUT2D eigenvalue weighted by Gasteiger charge is -2.27. The van der Waals surface area contributed by atoms with Gasteiger partial charge in [-0.25, -0.2) is 9.69 Å². The number of amides is 4. The van der Waals surface area contributed by atoms with Crippen molar-refractivity contribution in [3.63, 3.8) is 0 Å². The van der Waals surface area contributed by atoms with E-state index in [1.165, 1.54) is 11.6 Å². The van der Waals surface area contributed by atoms with Gasteiger partial charge in [0, 0.05) is 0 Å². The highest BCUT2D eigenvalue weighted by molar-refractivity contribution is 14.1. The van der Waals surface area contributed by atoms with Crippen LogP contribution in [0.15, 0.2) is 64.6 Å². The van der Waals surface area contributed by atoms with Crippen molar-refractivity contribution < 1.29 is 19.1 Å². The second-order valence-electron chi connectivity index (χ2n) is 8.39. The lowest BCUT2D eigenvalue weighted by atomic mass is 10.1. The molecule has 1 aliphatic heterocycles. The van der Waals surface area contributed by atoms with Gasteiger partial charge in [0.05, 0.1) is 13.7 Å². The fourth-order valence-electron chi connectivity index (χ4n) is 3.78. The predicted octanol–water partition coefficient (Wildman–Crippen LogP) is 6.22. The van der Waals surface area contributed by atoms with Crippen LogP contribution in [-0.4, -0.2) is 17.8 Å². The van der Waals surface area contributed by atoms with Gasteiger partial charge in [-0.15, -0.1) is 0 Å². The number of hydrogen-bond donors (Lipinski definition) is 1. The first kappa shape index (κ1) is 25.1. The second kappa shape index (κ2) is 10.3. The summed E-state index contributed by atoms with van der Waals surface area (Å²) in [5.74, 6) is -0.735. The van der Waals surface area contributed by atoms with Crippen molar-refractivity contribution in [1.29, 1.82) is 0 Å². The summed E-state index contributed by atoms with van der Waals surface area (Å²) in [7, 11) is 0. The van der Waals surface area contributed by atoms with Crippen LogP contribution in [0.3, 0.4) is 0 Å². The molecule has 0 aliphatic carbocycles. The van der Waals surface area contributed by atoms with Gasteiger partial charge in [-0.3, -0.25) is 14.9 Å². The summed E-state index contributed by atoms with van der Waals surface area (Å²) in [6.45, 7) is 6.20. The number of rotatable bonds is 5. The van der Waals surface area contributed by atoms with E-state index in [-0.39, 0.29) is 5.57 Å². The van der Waals surface area contributed by atoms with E-state index in [4.69, 9.17) is 4.74 Å². The molecule has 1 saturated heterocycles. The first-order chi connectivity index (χ1) is 16.6. The zero-order valence-electron chi connectivity index (χ0n) is 19.3. The third-order valence-electron chi connectivity index (χ3n) is 5.40. The van der Waals surface area contributed by atoms with Crippen molar-refractivity contribution in [2.75, 3.05) is 4.90 Å². The zero-order chi connectivity index (χ0) is 25.3. The molecule has 0 spiro atoms. The summed E-state index contributed by atoms with van der Waals surface area (Å²) >= 11 is 5.70. The predicted molar refractivity (Wildman–Crippen MR) is 147 cm³/mol. The number of halogens is 2. The first-order valence-corrected chi connectivity index (χ1v) is 12.7. The summed E-state index contributed by atoms with van der Waals surface area (Å²) in [5, 5.41) is 2.27. The molecule has 4 rings (SSSR count). The maximum absolute atomic E-state index is 13.2. The number of nitrogens with one attached hydrogen (secondary N) is 1. The Bertz CT molecular complexity index is 1340. The summed E-state index contributed by atoms with van der Waals surface area (Å²) < 4.78 is 7.51. The number of ether oxygens (including phenoxy) is 1. The lowest BCUT2D eigenvalue weighted by molar-refractivity contribution is -0.122. The molecule has 35 heavy (non-hydrogen) atoms. The van der Waals surface area contributed by atoms with E-state index >= 15 is 0 Å². The molecule has 3 aromatic rings. The van der Waals surface area contributed by atoms with E-state index in [9.17, 15) is 14.4 Å². The number of imide groups is 2. The summed E-state index contributed by atoms with van der Waals surface area (Å²) in [5.41, 5.74) is 4.95. The Kier molecular flexibility index (Phi) is 7.42. The molecule has 1 N–H and O–H groups in total. The summed E-state index contributed by atoms with van der Waals surface area (Å²) in [6, 6.07) is 16.3. The Labute approximate surface area is 225 Å². The molecule has 0 unspecified atom stereocenters. The number of carbonyl (C=O) groups is 3. The highest BCUT2D eigenvalue weighted by Crippen LogP contribution is 2.34. The van der Waals surface area contributed by atoms with Crippen molar-refractivity contribution in [3.8, 4) is 5.75 Å². The summed E-state index contributed by atoms with van der Waals surface area (Å²) in [6.07, 6.45) is 1.48. The molecule has 0 aromatic heterocycles. The largest absolute Gasteiger partial charge is 0.487 e. The number of nitrogens with zero attached hydrogens (tertiary/aromatic N) is 1. The van der Waals surface area contributed by atoms with Gasteiger partial charge in [-0.05, 0) is 112 Å². The quantitative estimate of drug-likeness (QED) is 0.203. The number of carbonyl (C=O) groups excluding carboxylic acids is 3. The minimum absolute atomic E-state index is 0.125. The molecular weight excluding hydrogens is 623 g/mol. The van der Waals surface area contributed by atoms with Crippen molar-refractivity contribution in [2.24, 2.45) is 0 Å². The Hall–Kier alpha value is -2.98. The van der Waals surface area contributed by atoms with Gasteiger partial charge in [-0.2, -0.15) is 0 Å². The molecule has 8 heteroatoms. The van der Waals surface area contributed by atoms with E-state index in [0.717, 1.165) is 25.2 Å². The smallest absolute Gasteiger partial charge is 0.335 e. The third-order valence-corrected chi connectivity index (χ3v) is 6.79. The van der Waals surface area contributed by atoms with Gasteiger partial charge in [0.1, 0.15) is 17.9 Å². The SMILES string of the molecule is Cc1ccc(COc2c(Br)cc(/C=C3\C(=O)NC(=O)N(c4cc(C)cc(C)c4)C3=O)cc2I)cc1. The zero-order valence-corrected chi connectivity index (χ0v) is 23.1. The minimum atomic E-state index is -0.766. The Balaban J connectivity index is 1.62. The highest BCUT2D eigenvalue weighted by atomic mass is 127. The van der Waals surface area contributed by atoms with Crippen LogP contribution in [0.2, 0.25) is 0 Å². The molecule has 3 aromatic carbocycles. The van der Waals surface area contributed by atoms with Gasteiger partial charge in [0.25, 0.3) is 11.8 Å². The number of aryl methyl sites for hydroxylation is 3. The van der Waals surface area contributed by atoms with Crippen LogP contribution >= 0.6 is 38.5 Å². The fraction of sp³-hybridized carbons (Fsp3) is 0.148. The minimum Gasteiger partial charge on any atom is -0.487 e. The molecular formula is C27H22BrIN2O4. The molecule has 0 bridgehead atoms. The molecule has 1 heterocycles. The Morgan fingerprint density at radius 3 is 2.23 bits per heavy atom. The molecule has 4 amide bonds. The van der Waals surface area contributed by atoms with Crippen molar-refractivity contribution >= 4 is 68.1 Å². The van der Waals surface area contributed by atoms with Crippen molar-refractivity contribution in [2.45, 2.75) is 27.4 Å². The maximum atomic E-state index is 13.2. The number of urea groups is 1. The van der Waals surface area contributed by atoms with Crippen LogP contribution in [-0.2, 0) is 16.2 Å². The van der Waals surface area contributed by atoms with Crippen molar-refractivity contribution in [1.82, 2.24) is 5.32 Å². The highest BCUT2D eigenvalue weighted by Gasteiger charge is 2.37. The van der Waals surface area contributed by atoms with E-state index in [2.05, 4.69) is 43.8 Å². The van der Waals surface area contributed by atoms with Crippen LogP contribution in [0, 0.1) is 24.3 Å². The van der Waals surface area contributed by atoms with Gasteiger partial charge in [-0.1, -0.05) is 35.9 Å². The van der Waals surface area contributed by atoms with Gasteiger partial charge >= 0.3 is 6.03 Å². The van der Waals surface area contributed by atoms with Gasteiger partial charge in [0.15, 0.2) is 0 Å². The monoisotopic (exact) mass is 644 g/mol. The molecule has 1 fully saturated rings.